The third-order valence-electron chi connectivity index (χ3n) is 3.01. The van der Waals surface area contributed by atoms with Crippen molar-refractivity contribution in [3.63, 3.8) is 0 Å². The highest BCUT2D eigenvalue weighted by Gasteiger charge is 2.28. The van der Waals surface area contributed by atoms with E-state index in [1.807, 2.05) is 0 Å². The van der Waals surface area contributed by atoms with Crippen LogP contribution in [-0.4, -0.2) is 11.7 Å². The molecule has 1 N–H and O–H groups in total. The molecular formula is C15H10FNO3. The fraction of sp³-hybridized carbons (Fsp3) is 0.0667. The third-order valence-corrected chi connectivity index (χ3v) is 3.01. The van der Waals surface area contributed by atoms with E-state index in [0.29, 0.717) is 17.0 Å². The van der Waals surface area contributed by atoms with Crippen LogP contribution in [0.25, 0.3) is 0 Å². The molecule has 0 radical (unpaired) electrons. The van der Waals surface area contributed by atoms with Gasteiger partial charge in [0.25, 0.3) is 11.7 Å². The number of Topliss-reactive ketones (excluding diaryl/α,β-unsaturated/α-hetero) is 1. The first-order chi connectivity index (χ1) is 9.63. The van der Waals surface area contributed by atoms with Crippen LogP contribution in [0.3, 0.4) is 0 Å². The molecule has 2 aromatic rings. The molecule has 0 saturated heterocycles. The molecule has 20 heavy (non-hydrogen) atoms. The minimum Gasteiger partial charge on any atom is -0.489 e. The molecule has 1 aliphatic rings. The number of carbonyl (C=O) groups excluding carboxylic acids is 2. The Bertz CT molecular complexity index is 695. The van der Waals surface area contributed by atoms with Gasteiger partial charge < -0.3 is 10.1 Å². The molecule has 0 fully saturated rings. The van der Waals surface area contributed by atoms with Gasteiger partial charge in [-0.3, -0.25) is 9.59 Å². The van der Waals surface area contributed by atoms with E-state index in [1.165, 1.54) is 18.2 Å². The number of rotatable bonds is 3. The van der Waals surface area contributed by atoms with E-state index in [-0.39, 0.29) is 12.4 Å². The summed E-state index contributed by atoms with van der Waals surface area (Å²) in [6.07, 6.45) is 0. The number of carbonyl (C=O) groups is 2. The number of ketones is 1. The molecule has 1 heterocycles. The normalized spacial score (nSPS) is 13.1. The van der Waals surface area contributed by atoms with Crippen LogP contribution >= 0.6 is 0 Å². The first-order valence-corrected chi connectivity index (χ1v) is 6.00. The lowest BCUT2D eigenvalue weighted by Gasteiger charge is -2.07. The van der Waals surface area contributed by atoms with E-state index in [4.69, 9.17) is 4.74 Å². The molecule has 0 bridgehead atoms. The maximum atomic E-state index is 12.8. The second-order valence-electron chi connectivity index (χ2n) is 4.41. The number of halogens is 1. The smallest absolute Gasteiger partial charge is 0.296 e. The van der Waals surface area contributed by atoms with Gasteiger partial charge in [0.05, 0.1) is 11.3 Å². The predicted octanol–water partition coefficient (Wildman–Crippen LogP) is 2.54. The zero-order valence-electron chi connectivity index (χ0n) is 10.4. The lowest BCUT2D eigenvalue weighted by atomic mass is 10.1. The zero-order chi connectivity index (χ0) is 14.1. The van der Waals surface area contributed by atoms with E-state index < -0.39 is 11.7 Å². The number of hydrogen-bond acceptors (Lipinski definition) is 3. The lowest BCUT2D eigenvalue weighted by molar-refractivity contribution is -0.112. The van der Waals surface area contributed by atoms with Gasteiger partial charge in [0.2, 0.25) is 0 Å². The van der Waals surface area contributed by atoms with Crippen molar-refractivity contribution in [1.82, 2.24) is 0 Å². The summed E-state index contributed by atoms with van der Waals surface area (Å²) < 4.78 is 18.3. The first kappa shape index (κ1) is 12.3. The van der Waals surface area contributed by atoms with Crippen LogP contribution in [0.4, 0.5) is 10.1 Å². The Kier molecular flexibility index (Phi) is 2.95. The average Bonchev–Trinajstić information content (AvgIpc) is 2.74. The Hall–Kier alpha value is -2.69. The average molecular weight is 271 g/mol. The van der Waals surface area contributed by atoms with Crippen molar-refractivity contribution in [1.29, 1.82) is 0 Å². The Morgan fingerprint density at radius 3 is 2.55 bits per heavy atom. The van der Waals surface area contributed by atoms with E-state index in [9.17, 15) is 14.0 Å². The molecule has 1 aliphatic heterocycles. The molecule has 4 nitrogen and oxygen atoms in total. The molecular weight excluding hydrogens is 261 g/mol. The van der Waals surface area contributed by atoms with Crippen molar-refractivity contribution in [2.45, 2.75) is 6.61 Å². The molecule has 0 atom stereocenters. The summed E-state index contributed by atoms with van der Waals surface area (Å²) in [6.45, 7) is 0.259. The minimum absolute atomic E-state index is 0.259. The van der Waals surface area contributed by atoms with E-state index >= 15 is 0 Å². The van der Waals surface area contributed by atoms with Crippen molar-refractivity contribution in [3.05, 3.63) is 59.4 Å². The Balaban J connectivity index is 1.75. The molecule has 0 aliphatic carbocycles. The molecule has 3 rings (SSSR count). The Morgan fingerprint density at radius 2 is 1.80 bits per heavy atom. The quantitative estimate of drug-likeness (QED) is 0.873. The summed E-state index contributed by atoms with van der Waals surface area (Å²) in [5.74, 6) is -1.01. The molecule has 1 amide bonds. The minimum atomic E-state index is -0.629. The van der Waals surface area contributed by atoms with Crippen molar-refractivity contribution in [2.75, 3.05) is 5.32 Å². The highest BCUT2D eigenvalue weighted by Crippen LogP contribution is 2.27. The molecule has 0 unspecified atom stereocenters. The molecule has 0 spiro atoms. The summed E-state index contributed by atoms with van der Waals surface area (Å²) in [7, 11) is 0. The predicted molar refractivity (Wildman–Crippen MR) is 70.1 cm³/mol. The van der Waals surface area contributed by atoms with Crippen LogP contribution in [0, 0.1) is 5.82 Å². The summed E-state index contributed by atoms with van der Waals surface area (Å²) >= 11 is 0. The van der Waals surface area contributed by atoms with Crippen molar-refractivity contribution in [2.24, 2.45) is 0 Å². The van der Waals surface area contributed by atoms with Crippen LogP contribution in [-0.2, 0) is 11.4 Å². The fourth-order valence-electron chi connectivity index (χ4n) is 1.96. The van der Waals surface area contributed by atoms with Gasteiger partial charge in [-0.2, -0.15) is 0 Å². The topological polar surface area (TPSA) is 55.4 Å². The van der Waals surface area contributed by atoms with Gasteiger partial charge >= 0.3 is 0 Å². The molecule has 5 heteroatoms. The van der Waals surface area contributed by atoms with Crippen LogP contribution in [0.2, 0.25) is 0 Å². The number of hydrogen-bond donors (Lipinski definition) is 1. The van der Waals surface area contributed by atoms with Crippen molar-refractivity contribution >= 4 is 17.4 Å². The molecule has 0 saturated carbocycles. The van der Waals surface area contributed by atoms with E-state index in [1.54, 1.807) is 24.3 Å². The Labute approximate surface area is 114 Å². The SMILES string of the molecule is O=C1Nc2ccc(OCc3ccc(F)cc3)cc2C1=O. The largest absolute Gasteiger partial charge is 0.489 e. The zero-order valence-corrected chi connectivity index (χ0v) is 10.4. The van der Waals surface area contributed by atoms with Crippen LogP contribution in [0.15, 0.2) is 42.5 Å². The summed E-state index contributed by atoms with van der Waals surface area (Å²) in [6, 6.07) is 10.8. The monoisotopic (exact) mass is 271 g/mol. The maximum absolute atomic E-state index is 12.8. The second-order valence-corrected chi connectivity index (χ2v) is 4.41. The van der Waals surface area contributed by atoms with Crippen molar-refractivity contribution in [3.8, 4) is 5.75 Å². The number of ether oxygens (including phenoxy) is 1. The van der Waals surface area contributed by atoms with Gasteiger partial charge in [-0.25, -0.2) is 4.39 Å². The summed E-state index contributed by atoms with van der Waals surface area (Å²) in [5.41, 5.74) is 1.62. The lowest BCUT2D eigenvalue weighted by Crippen LogP contribution is -2.12. The molecule has 2 aromatic carbocycles. The maximum Gasteiger partial charge on any atom is 0.296 e. The number of amides is 1. The number of anilines is 1. The van der Waals surface area contributed by atoms with Gasteiger partial charge in [-0.1, -0.05) is 12.1 Å². The van der Waals surface area contributed by atoms with Crippen LogP contribution in [0.5, 0.6) is 5.75 Å². The van der Waals surface area contributed by atoms with Gasteiger partial charge in [-0.05, 0) is 35.9 Å². The van der Waals surface area contributed by atoms with Gasteiger partial charge in [-0.15, -0.1) is 0 Å². The molecule has 0 aromatic heterocycles. The fourth-order valence-corrected chi connectivity index (χ4v) is 1.96. The number of fused-ring (bicyclic) bond motifs is 1. The Morgan fingerprint density at radius 1 is 1.05 bits per heavy atom. The molecule has 100 valence electrons. The third kappa shape index (κ3) is 2.25. The van der Waals surface area contributed by atoms with E-state index in [2.05, 4.69) is 5.32 Å². The number of benzene rings is 2. The summed E-state index contributed by atoms with van der Waals surface area (Å²) in [5, 5.41) is 2.47. The standard InChI is InChI=1S/C15H10FNO3/c16-10-3-1-9(2-4-10)8-20-11-5-6-13-12(7-11)14(18)15(19)17-13/h1-7H,8H2,(H,17,18,19). The van der Waals surface area contributed by atoms with Gasteiger partial charge in [0, 0.05) is 0 Å². The number of nitrogens with one attached hydrogen (secondary N) is 1. The van der Waals surface area contributed by atoms with Gasteiger partial charge in [0.1, 0.15) is 18.2 Å². The first-order valence-electron chi connectivity index (χ1n) is 6.00. The van der Waals surface area contributed by atoms with Gasteiger partial charge in [0.15, 0.2) is 0 Å². The van der Waals surface area contributed by atoms with Crippen molar-refractivity contribution < 1.29 is 18.7 Å². The van der Waals surface area contributed by atoms with E-state index in [0.717, 1.165) is 5.56 Å². The highest BCUT2D eigenvalue weighted by molar-refractivity contribution is 6.51. The van der Waals surface area contributed by atoms with Crippen LogP contribution in [0.1, 0.15) is 15.9 Å². The van der Waals surface area contributed by atoms with Crippen LogP contribution < -0.4 is 10.1 Å². The summed E-state index contributed by atoms with van der Waals surface area (Å²) in [4.78, 5) is 22.8. The highest BCUT2D eigenvalue weighted by atomic mass is 19.1. The second kappa shape index (κ2) is 4.77.